The molecule has 1 unspecified atom stereocenters. The van der Waals surface area contributed by atoms with Crippen LogP contribution in [0.2, 0.25) is 0 Å². The monoisotopic (exact) mass is 424 g/mol. The van der Waals surface area contributed by atoms with Gasteiger partial charge in [-0.2, -0.15) is 0 Å². The Balaban J connectivity index is 1.74. The molecule has 7 atom stereocenters. The van der Waals surface area contributed by atoms with Crippen LogP contribution in [0.5, 0.6) is 0 Å². The number of ketones is 1. The summed E-state index contributed by atoms with van der Waals surface area (Å²) in [5.41, 5.74) is -0.0304. The molecule has 0 N–H and O–H groups in total. The first-order chi connectivity index (χ1) is 12.1. The lowest BCUT2D eigenvalue weighted by molar-refractivity contribution is -0.199. The highest BCUT2D eigenvalue weighted by molar-refractivity contribution is 9.10. The van der Waals surface area contributed by atoms with Gasteiger partial charge in [0.2, 0.25) is 0 Å². The van der Waals surface area contributed by atoms with Gasteiger partial charge in [-0.25, -0.2) is 0 Å². The highest BCUT2D eigenvalue weighted by Gasteiger charge is 2.67. The van der Waals surface area contributed by atoms with Gasteiger partial charge in [0.1, 0.15) is 0 Å². The van der Waals surface area contributed by atoms with Gasteiger partial charge in [-0.3, -0.25) is 9.59 Å². The summed E-state index contributed by atoms with van der Waals surface area (Å²) in [6, 6.07) is 0. The number of rotatable bonds is 1. The summed E-state index contributed by atoms with van der Waals surface area (Å²) in [7, 11) is 1.54. The van der Waals surface area contributed by atoms with Crippen LogP contribution < -0.4 is 0 Å². The van der Waals surface area contributed by atoms with E-state index >= 15 is 0 Å². The number of halogens is 1. The third kappa shape index (κ3) is 2.29. The number of fused-ring (bicyclic) bond motifs is 3. The zero-order chi connectivity index (χ0) is 19.0. The van der Waals surface area contributed by atoms with Crippen molar-refractivity contribution in [2.45, 2.75) is 83.4 Å². The van der Waals surface area contributed by atoms with Crippen LogP contribution in [0.4, 0.5) is 0 Å². The summed E-state index contributed by atoms with van der Waals surface area (Å²) in [5, 5.41) is 0. The molecule has 0 amide bonds. The Morgan fingerprint density at radius 1 is 1.08 bits per heavy atom. The number of carbonyl (C=O) groups excluding carboxylic acids is 2. The Labute approximate surface area is 166 Å². The van der Waals surface area contributed by atoms with Crippen LogP contribution in [0.25, 0.3) is 0 Å². The fourth-order valence-electron chi connectivity index (χ4n) is 8.29. The van der Waals surface area contributed by atoms with Gasteiger partial charge in [0.05, 0.1) is 17.4 Å². The maximum atomic E-state index is 12.8. The van der Waals surface area contributed by atoms with Crippen LogP contribution in [-0.2, 0) is 14.3 Å². The summed E-state index contributed by atoms with van der Waals surface area (Å²) < 4.78 is 5.26. The van der Waals surface area contributed by atoms with Gasteiger partial charge >= 0.3 is 5.97 Å². The van der Waals surface area contributed by atoms with Crippen molar-refractivity contribution in [3.63, 3.8) is 0 Å². The summed E-state index contributed by atoms with van der Waals surface area (Å²) in [6.07, 6.45) is 9.75. The number of hydrogen-bond acceptors (Lipinski definition) is 3. The molecule has 0 aromatic rings. The van der Waals surface area contributed by atoms with Gasteiger partial charge in [-0.05, 0) is 81.0 Å². The number of hydrogen-bond donors (Lipinski definition) is 0. The molecule has 0 aromatic carbocycles. The Bertz CT molecular complexity index is 647. The van der Waals surface area contributed by atoms with Gasteiger partial charge in [0.25, 0.3) is 0 Å². The van der Waals surface area contributed by atoms with Crippen molar-refractivity contribution >= 4 is 27.7 Å². The molecule has 4 aliphatic rings. The predicted molar refractivity (Wildman–Crippen MR) is 105 cm³/mol. The fourth-order valence-corrected chi connectivity index (χ4v) is 9.49. The van der Waals surface area contributed by atoms with Crippen molar-refractivity contribution in [2.75, 3.05) is 7.11 Å². The minimum atomic E-state index is -0.345. The van der Waals surface area contributed by atoms with E-state index in [9.17, 15) is 9.59 Å². The van der Waals surface area contributed by atoms with Crippen molar-refractivity contribution in [3.8, 4) is 0 Å². The molecule has 4 fully saturated rings. The Morgan fingerprint density at radius 2 is 1.77 bits per heavy atom. The molecule has 0 radical (unpaired) electrons. The van der Waals surface area contributed by atoms with E-state index in [-0.39, 0.29) is 32.5 Å². The predicted octanol–water partition coefficient (Wildman–Crippen LogP) is 5.30. The van der Waals surface area contributed by atoms with Gasteiger partial charge in [-0.15, -0.1) is 0 Å². The lowest BCUT2D eigenvalue weighted by atomic mass is 9.37. The second-order valence-corrected chi connectivity index (χ2v) is 11.7. The van der Waals surface area contributed by atoms with E-state index in [2.05, 4.69) is 36.7 Å². The van der Waals surface area contributed by atoms with Crippen LogP contribution in [0, 0.1) is 33.5 Å². The highest BCUT2D eigenvalue weighted by atomic mass is 79.9. The van der Waals surface area contributed by atoms with E-state index in [4.69, 9.17) is 4.74 Å². The number of ether oxygens (including phenoxy) is 1. The molecule has 146 valence electrons. The summed E-state index contributed by atoms with van der Waals surface area (Å²) in [6.45, 7) is 6.82. The maximum absolute atomic E-state index is 12.8. The topological polar surface area (TPSA) is 43.4 Å². The van der Waals surface area contributed by atoms with Crippen molar-refractivity contribution < 1.29 is 14.3 Å². The summed E-state index contributed by atoms with van der Waals surface area (Å²) in [5.74, 6) is 1.45. The van der Waals surface area contributed by atoms with Crippen molar-refractivity contribution in [1.29, 1.82) is 0 Å². The first kappa shape index (κ1) is 19.0. The van der Waals surface area contributed by atoms with Crippen molar-refractivity contribution in [3.05, 3.63) is 0 Å². The molecule has 0 aliphatic heterocycles. The third-order valence-corrected chi connectivity index (χ3v) is 10.0. The molecular formula is C22H33BrO3. The Hall–Kier alpha value is -0.380. The van der Waals surface area contributed by atoms with E-state index in [1.807, 2.05) is 0 Å². The first-order valence-corrected chi connectivity index (χ1v) is 11.3. The molecule has 26 heavy (non-hydrogen) atoms. The Kier molecular flexibility index (Phi) is 4.24. The molecule has 4 aliphatic carbocycles. The second kappa shape index (κ2) is 5.81. The van der Waals surface area contributed by atoms with E-state index in [1.165, 1.54) is 13.5 Å². The third-order valence-electron chi connectivity index (χ3n) is 9.29. The van der Waals surface area contributed by atoms with E-state index in [0.717, 1.165) is 51.4 Å². The first-order valence-electron chi connectivity index (χ1n) is 10.4. The number of methoxy groups -OCH3 is 1. The SMILES string of the molecule is COC(=O)[C@]1(C)CCC[C@@]2(C)[C@@H]3CC[C@@]4(C)C[C@]3(CC[C@@H]21)CC(Br)C4=O. The smallest absolute Gasteiger partial charge is 0.311 e. The second-order valence-electron chi connectivity index (χ2n) is 10.6. The molecule has 2 bridgehead atoms. The lowest BCUT2D eigenvalue weighted by Gasteiger charge is -2.68. The van der Waals surface area contributed by atoms with Crippen LogP contribution in [0.15, 0.2) is 0 Å². The minimum absolute atomic E-state index is 0.0118. The van der Waals surface area contributed by atoms with E-state index in [0.29, 0.717) is 17.6 Å². The average Bonchev–Trinajstić information content (AvgIpc) is 2.58. The largest absolute Gasteiger partial charge is 0.469 e. The van der Waals surface area contributed by atoms with Crippen molar-refractivity contribution in [1.82, 2.24) is 0 Å². The van der Waals surface area contributed by atoms with Crippen LogP contribution in [-0.4, -0.2) is 23.7 Å². The summed E-state index contributed by atoms with van der Waals surface area (Å²) >= 11 is 3.74. The van der Waals surface area contributed by atoms with Gasteiger partial charge in [-0.1, -0.05) is 36.2 Å². The summed E-state index contributed by atoms with van der Waals surface area (Å²) in [4.78, 5) is 25.6. The number of alkyl halides is 1. The minimum Gasteiger partial charge on any atom is -0.469 e. The zero-order valence-corrected chi connectivity index (χ0v) is 18.3. The van der Waals surface area contributed by atoms with Gasteiger partial charge in [0, 0.05) is 5.41 Å². The Morgan fingerprint density at radius 3 is 2.46 bits per heavy atom. The molecule has 4 rings (SSSR count). The normalized spacial score (nSPS) is 53.4. The quantitative estimate of drug-likeness (QED) is 0.423. The van der Waals surface area contributed by atoms with Crippen molar-refractivity contribution in [2.24, 2.45) is 33.5 Å². The fraction of sp³-hybridized carbons (Fsp3) is 0.909. The van der Waals surface area contributed by atoms with E-state index in [1.54, 1.807) is 0 Å². The number of Topliss-reactive ketones (excluding diaryl/α,β-unsaturated/α-hetero) is 1. The van der Waals surface area contributed by atoms with Crippen LogP contribution >= 0.6 is 15.9 Å². The van der Waals surface area contributed by atoms with Gasteiger partial charge < -0.3 is 4.74 Å². The number of carbonyl (C=O) groups is 2. The average molecular weight is 425 g/mol. The van der Waals surface area contributed by atoms with E-state index < -0.39 is 0 Å². The maximum Gasteiger partial charge on any atom is 0.311 e. The number of esters is 1. The molecule has 0 aromatic heterocycles. The molecule has 0 saturated heterocycles. The van der Waals surface area contributed by atoms with Crippen LogP contribution in [0.1, 0.15) is 78.6 Å². The van der Waals surface area contributed by atoms with Gasteiger partial charge in [0.15, 0.2) is 5.78 Å². The molecule has 4 heteroatoms. The molecule has 3 nitrogen and oxygen atoms in total. The molecule has 0 heterocycles. The lowest BCUT2D eigenvalue weighted by Crippen LogP contribution is -2.63. The van der Waals surface area contributed by atoms with Crippen LogP contribution in [0.3, 0.4) is 0 Å². The standard InChI is InChI=1S/C22H33BrO3/c1-19-10-6-16-20(2)8-5-9-21(3,18(25)26-4)15(20)7-11-22(16,13-19)12-14(23)17(19)24/h14-16H,5-13H2,1-4H3/t14?,15-,16-,19-,20+,21+,22-/m0/s1. The highest BCUT2D eigenvalue weighted by Crippen LogP contribution is 2.72. The zero-order valence-electron chi connectivity index (χ0n) is 16.7. The molecule has 1 spiro atoms. The molecular weight excluding hydrogens is 392 g/mol. The molecule has 4 saturated carbocycles.